The maximum Gasteiger partial charge on any atom is 0.243 e. The number of imidazole rings is 1. The molecule has 0 radical (unpaired) electrons. The molecule has 0 spiro atoms. The number of benzene rings is 2. The smallest absolute Gasteiger partial charge is 0.243 e. The molecular formula is C22H25N3O3. The van der Waals surface area contributed by atoms with Crippen LogP contribution in [-0.2, 0) is 17.8 Å². The first kappa shape index (κ1) is 19.5. The van der Waals surface area contributed by atoms with E-state index >= 15 is 0 Å². The molecule has 1 amide bonds. The van der Waals surface area contributed by atoms with Crippen LogP contribution in [0.1, 0.15) is 12.7 Å². The zero-order valence-corrected chi connectivity index (χ0v) is 16.2. The van der Waals surface area contributed by atoms with Gasteiger partial charge in [-0.2, -0.15) is 0 Å². The molecular weight excluding hydrogens is 354 g/mol. The van der Waals surface area contributed by atoms with E-state index in [1.165, 1.54) is 6.08 Å². The van der Waals surface area contributed by atoms with Crippen LogP contribution in [0.15, 0.2) is 60.7 Å². The lowest BCUT2D eigenvalue weighted by Crippen LogP contribution is -2.24. The van der Waals surface area contributed by atoms with Gasteiger partial charge in [0.15, 0.2) is 0 Å². The van der Waals surface area contributed by atoms with Crippen LogP contribution in [-0.4, -0.2) is 35.7 Å². The van der Waals surface area contributed by atoms with Crippen LogP contribution in [0.25, 0.3) is 11.0 Å². The van der Waals surface area contributed by atoms with Crippen LogP contribution in [0.2, 0.25) is 0 Å². The number of hydrogen-bond acceptors (Lipinski definition) is 4. The Labute approximate surface area is 164 Å². The molecule has 3 aromatic rings. The maximum atomic E-state index is 11.6. The van der Waals surface area contributed by atoms with Crippen molar-refractivity contribution in [3.63, 3.8) is 0 Å². The van der Waals surface area contributed by atoms with Crippen molar-refractivity contribution in [3.05, 3.63) is 66.5 Å². The van der Waals surface area contributed by atoms with Crippen LogP contribution in [0.5, 0.6) is 11.5 Å². The van der Waals surface area contributed by atoms with Crippen molar-refractivity contribution in [2.45, 2.75) is 19.9 Å². The number of allylic oxidation sites excluding steroid dienone is 1. The normalized spacial score (nSPS) is 11.1. The predicted molar refractivity (Wildman–Crippen MR) is 110 cm³/mol. The lowest BCUT2D eigenvalue weighted by Gasteiger charge is -2.11. The Morgan fingerprint density at radius 1 is 1.14 bits per heavy atom. The van der Waals surface area contributed by atoms with Gasteiger partial charge in [-0.3, -0.25) is 4.79 Å². The van der Waals surface area contributed by atoms with E-state index in [1.54, 1.807) is 13.2 Å². The van der Waals surface area contributed by atoms with Gasteiger partial charge in [-0.25, -0.2) is 4.98 Å². The van der Waals surface area contributed by atoms with Crippen LogP contribution in [0.4, 0.5) is 0 Å². The van der Waals surface area contributed by atoms with Crippen molar-refractivity contribution in [2.24, 2.45) is 0 Å². The zero-order valence-electron chi connectivity index (χ0n) is 16.2. The number of para-hydroxylation sites is 2. The van der Waals surface area contributed by atoms with Gasteiger partial charge < -0.3 is 19.4 Å². The molecule has 3 rings (SSSR count). The third kappa shape index (κ3) is 4.91. The van der Waals surface area contributed by atoms with Crippen molar-refractivity contribution >= 4 is 16.9 Å². The summed E-state index contributed by atoms with van der Waals surface area (Å²) in [6.07, 6.45) is 3.90. The molecule has 1 aromatic heterocycles. The summed E-state index contributed by atoms with van der Waals surface area (Å²) >= 11 is 0. The highest BCUT2D eigenvalue weighted by atomic mass is 16.5. The monoisotopic (exact) mass is 379 g/mol. The quantitative estimate of drug-likeness (QED) is 0.579. The van der Waals surface area contributed by atoms with E-state index in [-0.39, 0.29) is 5.91 Å². The summed E-state index contributed by atoms with van der Waals surface area (Å²) in [6.45, 7) is 3.54. The SMILES string of the molecule is C/C=C/C(=O)NCCc1nc2ccccc2n1CCOc1ccc(OC)cc1. The largest absolute Gasteiger partial charge is 0.497 e. The number of amides is 1. The molecule has 6 heteroatoms. The van der Waals surface area contributed by atoms with E-state index in [2.05, 4.69) is 16.0 Å². The molecule has 6 nitrogen and oxygen atoms in total. The number of carbonyl (C=O) groups is 1. The average molecular weight is 379 g/mol. The van der Waals surface area contributed by atoms with Gasteiger partial charge in [0.05, 0.1) is 24.7 Å². The Morgan fingerprint density at radius 3 is 2.64 bits per heavy atom. The van der Waals surface area contributed by atoms with Crippen molar-refractivity contribution in [2.75, 3.05) is 20.3 Å². The van der Waals surface area contributed by atoms with Gasteiger partial charge in [0.2, 0.25) is 5.91 Å². The van der Waals surface area contributed by atoms with Gasteiger partial charge in [0, 0.05) is 13.0 Å². The van der Waals surface area contributed by atoms with Gasteiger partial charge in [-0.15, -0.1) is 0 Å². The van der Waals surface area contributed by atoms with Gasteiger partial charge in [-0.1, -0.05) is 18.2 Å². The topological polar surface area (TPSA) is 65.4 Å². The van der Waals surface area contributed by atoms with Crippen molar-refractivity contribution in [3.8, 4) is 11.5 Å². The highest BCUT2D eigenvalue weighted by molar-refractivity contribution is 5.87. The summed E-state index contributed by atoms with van der Waals surface area (Å²) in [5, 5.41) is 2.87. The Kier molecular flexibility index (Phi) is 6.68. The molecule has 28 heavy (non-hydrogen) atoms. The Bertz CT molecular complexity index is 945. The molecule has 1 heterocycles. The lowest BCUT2D eigenvalue weighted by molar-refractivity contribution is -0.116. The number of hydrogen-bond donors (Lipinski definition) is 1. The Balaban J connectivity index is 1.66. The molecule has 0 fully saturated rings. The molecule has 1 N–H and O–H groups in total. The number of fused-ring (bicyclic) bond motifs is 1. The van der Waals surface area contributed by atoms with E-state index in [0.29, 0.717) is 26.1 Å². The van der Waals surface area contributed by atoms with Gasteiger partial charge in [-0.05, 0) is 49.4 Å². The second kappa shape index (κ2) is 9.60. The molecule has 0 aliphatic carbocycles. The fourth-order valence-electron chi connectivity index (χ4n) is 3.00. The van der Waals surface area contributed by atoms with Crippen LogP contribution in [0.3, 0.4) is 0 Å². The number of rotatable bonds is 9. The molecule has 0 saturated heterocycles. The first-order chi connectivity index (χ1) is 13.7. The number of aromatic nitrogens is 2. The fraction of sp³-hybridized carbons (Fsp3) is 0.273. The second-order valence-corrected chi connectivity index (χ2v) is 6.23. The summed E-state index contributed by atoms with van der Waals surface area (Å²) < 4.78 is 13.2. The number of nitrogens with one attached hydrogen (secondary N) is 1. The molecule has 0 saturated carbocycles. The van der Waals surface area contributed by atoms with Crippen LogP contribution < -0.4 is 14.8 Å². The number of nitrogens with zero attached hydrogens (tertiary/aromatic N) is 2. The third-order valence-electron chi connectivity index (χ3n) is 4.34. The average Bonchev–Trinajstić information content (AvgIpc) is 3.06. The summed E-state index contributed by atoms with van der Waals surface area (Å²) in [5.74, 6) is 2.44. The number of carbonyl (C=O) groups excluding carboxylic acids is 1. The molecule has 2 aromatic carbocycles. The highest BCUT2D eigenvalue weighted by Gasteiger charge is 2.10. The van der Waals surface area contributed by atoms with E-state index in [9.17, 15) is 4.79 Å². The number of ether oxygens (including phenoxy) is 2. The van der Waals surface area contributed by atoms with E-state index in [4.69, 9.17) is 14.5 Å². The van der Waals surface area contributed by atoms with Gasteiger partial charge in [0.25, 0.3) is 0 Å². The van der Waals surface area contributed by atoms with Crippen LogP contribution in [0, 0.1) is 0 Å². The molecule has 146 valence electrons. The Hall–Kier alpha value is -3.28. The molecule has 0 aliphatic heterocycles. The summed E-state index contributed by atoms with van der Waals surface area (Å²) in [4.78, 5) is 16.3. The second-order valence-electron chi connectivity index (χ2n) is 6.23. The van der Waals surface area contributed by atoms with Gasteiger partial charge in [0.1, 0.15) is 23.9 Å². The third-order valence-corrected chi connectivity index (χ3v) is 4.34. The first-order valence-electron chi connectivity index (χ1n) is 9.33. The minimum atomic E-state index is -0.0898. The fourth-order valence-corrected chi connectivity index (χ4v) is 3.00. The van der Waals surface area contributed by atoms with Crippen molar-refractivity contribution < 1.29 is 14.3 Å². The highest BCUT2D eigenvalue weighted by Crippen LogP contribution is 2.19. The molecule has 0 aliphatic rings. The first-order valence-corrected chi connectivity index (χ1v) is 9.33. The molecule has 0 bridgehead atoms. The summed E-state index contributed by atoms with van der Waals surface area (Å²) in [5.41, 5.74) is 2.01. The molecule has 0 atom stereocenters. The minimum Gasteiger partial charge on any atom is -0.497 e. The zero-order chi connectivity index (χ0) is 19.8. The number of methoxy groups -OCH3 is 1. The summed E-state index contributed by atoms with van der Waals surface area (Å²) in [7, 11) is 1.64. The van der Waals surface area contributed by atoms with Gasteiger partial charge >= 0.3 is 0 Å². The Morgan fingerprint density at radius 2 is 1.89 bits per heavy atom. The predicted octanol–water partition coefficient (Wildman–Crippen LogP) is 3.36. The van der Waals surface area contributed by atoms with E-state index in [0.717, 1.165) is 28.4 Å². The van der Waals surface area contributed by atoms with Crippen LogP contribution >= 0.6 is 0 Å². The lowest BCUT2D eigenvalue weighted by atomic mass is 10.3. The standard InChI is InChI=1S/C22H25N3O3/c1-3-6-22(26)23-14-13-21-24-19-7-4-5-8-20(19)25(21)15-16-28-18-11-9-17(27-2)10-12-18/h3-12H,13-16H2,1-2H3,(H,23,26)/b6-3+. The van der Waals surface area contributed by atoms with E-state index < -0.39 is 0 Å². The van der Waals surface area contributed by atoms with Crippen molar-refractivity contribution in [1.29, 1.82) is 0 Å². The minimum absolute atomic E-state index is 0.0898. The molecule has 0 unspecified atom stereocenters. The van der Waals surface area contributed by atoms with E-state index in [1.807, 2.05) is 49.4 Å². The maximum absolute atomic E-state index is 11.6. The summed E-state index contributed by atoms with van der Waals surface area (Å²) in [6, 6.07) is 15.6. The van der Waals surface area contributed by atoms with Crippen molar-refractivity contribution in [1.82, 2.24) is 14.9 Å².